The smallest absolute Gasteiger partial charge is 0.226 e. The van der Waals surface area contributed by atoms with Gasteiger partial charge in [0, 0.05) is 36.3 Å². The van der Waals surface area contributed by atoms with Crippen molar-refractivity contribution in [1.82, 2.24) is 14.9 Å². The summed E-state index contributed by atoms with van der Waals surface area (Å²) in [6, 6.07) is 2.01. The summed E-state index contributed by atoms with van der Waals surface area (Å²) in [7, 11) is 0. The van der Waals surface area contributed by atoms with Crippen LogP contribution in [0.1, 0.15) is 56.2 Å². The molecule has 2 aliphatic rings. The summed E-state index contributed by atoms with van der Waals surface area (Å²) in [5.74, 6) is 1.98. The molecule has 1 saturated heterocycles. The van der Waals surface area contributed by atoms with Gasteiger partial charge in [-0.15, -0.1) is 0 Å². The Morgan fingerprint density at radius 2 is 1.71 bits per heavy atom. The molecule has 2 heterocycles. The van der Waals surface area contributed by atoms with E-state index in [2.05, 4.69) is 28.7 Å². The highest BCUT2D eigenvalue weighted by Crippen LogP contribution is 2.52. The number of amides is 1. The molecule has 2 fully saturated rings. The lowest BCUT2D eigenvalue weighted by molar-refractivity contribution is -0.134. The van der Waals surface area contributed by atoms with E-state index < -0.39 is 0 Å². The zero-order chi connectivity index (χ0) is 15.2. The van der Waals surface area contributed by atoms with Crippen molar-refractivity contribution in [3.63, 3.8) is 0 Å². The van der Waals surface area contributed by atoms with Crippen LogP contribution < -0.4 is 0 Å². The van der Waals surface area contributed by atoms with Gasteiger partial charge in [-0.25, -0.2) is 9.97 Å². The average molecular weight is 287 g/mol. The van der Waals surface area contributed by atoms with Crippen LogP contribution in [0.4, 0.5) is 0 Å². The summed E-state index contributed by atoms with van der Waals surface area (Å²) in [4.78, 5) is 23.6. The highest BCUT2D eigenvalue weighted by molar-refractivity contribution is 5.82. The predicted octanol–water partition coefficient (Wildman–Crippen LogP) is 2.85. The Morgan fingerprint density at radius 3 is 2.19 bits per heavy atom. The number of likely N-dealkylation sites (tertiary alicyclic amines) is 1. The van der Waals surface area contributed by atoms with Crippen molar-refractivity contribution in [2.24, 2.45) is 11.3 Å². The van der Waals surface area contributed by atoms with Crippen molar-refractivity contribution in [2.75, 3.05) is 13.1 Å². The van der Waals surface area contributed by atoms with E-state index in [1.807, 2.05) is 19.9 Å². The normalized spacial score (nSPS) is 25.0. The van der Waals surface area contributed by atoms with Gasteiger partial charge in [-0.1, -0.05) is 13.8 Å². The van der Waals surface area contributed by atoms with E-state index in [4.69, 9.17) is 0 Å². The molecule has 4 heteroatoms. The van der Waals surface area contributed by atoms with E-state index in [1.54, 1.807) is 0 Å². The number of aromatic nitrogens is 2. The Kier molecular flexibility index (Phi) is 3.50. The number of carbonyl (C=O) groups excluding carboxylic acids is 1. The van der Waals surface area contributed by atoms with Gasteiger partial charge >= 0.3 is 0 Å². The van der Waals surface area contributed by atoms with Crippen LogP contribution in [0.25, 0.3) is 0 Å². The number of nitrogens with zero attached hydrogens (tertiary/aromatic N) is 3. The summed E-state index contributed by atoms with van der Waals surface area (Å²) >= 11 is 0. The molecule has 1 aromatic heterocycles. The molecule has 0 radical (unpaired) electrons. The average Bonchev–Trinajstić information content (AvgIpc) is 3.06. The number of hydrogen-bond donors (Lipinski definition) is 0. The van der Waals surface area contributed by atoms with Crippen LogP contribution in [-0.2, 0) is 4.79 Å². The van der Waals surface area contributed by atoms with Gasteiger partial charge in [0.1, 0.15) is 5.82 Å². The maximum atomic E-state index is 12.4. The Morgan fingerprint density at radius 1 is 1.19 bits per heavy atom. The molecule has 4 nitrogen and oxygen atoms in total. The summed E-state index contributed by atoms with van der Waals surface area (Å²) in [5.41, 5.74) is 2.30. The molecule has 0 aromatic carbocycles. The number of aryl methyl sites for hydroxylation is 2. The Bertz CT molecular complexity index is 539. The second-order valence-corrected chi connectivity index (χ2v) is 7.35. The quantitative estimate of drug-likeness (QED) is 0.840. The topological polar surface area (TPSA) is 46.1 Å². The van der Waals surface area contributed by atoms with E-state index >= 15 is 0 Å². The van der Waals surface area contributed by atoms with Crippen LogP contribution in [0.3, 0.4) is 0 Å². The molecule has 1 atom stereocenters. The summed E-state index contributed by atoms with van der Waals surface area (Å²) < 4.78 is 0. The first-order chi connectivity index (χ1) is 9.87. The highest BCUT2D eigenvalue weighted by atomic mass is 16.2. The van der Waals surface area contributed by atoms with Gasteiger partial charge in [0.05, 0.1) is 0 Å². The molecule has 21 heavy (non-hydrogen) atoms. The number of carbonyl (C=O) groups is 1. The summed E-state index contributed by atoms with van der Waals surface area (Å²) in [6.45, 7) is 10.1. The fourth-order valence-electron chi connectivity index (χ4n) is 3.40. The zero-order valence-corrected chi connectivity index (χ0v) is 13.5. The predicted molar refractivity (Wildman–Crippen MR) is 81.9 cm³/mol. The van der Waals surface area contributed by atoms with Gasteiger partial charge in [-0.05, 0) is 44.6 Å². The van der Waals surface area contributed by atoms with Crippen molar-refractivity contribution in [3.05, 3.63) is 23.3 Å². The molecule has 0 bridgehead atoms. The Balaban J connectivity index is 1.61. The molecule has 1 unspecified atom stereocenters. The summed E-state index contributed by atoms with van der Waals surface area (Å²) in [6.07, 6.45) is 3.02. The van der Waals surface area contributed by atoms with Crippen molar-refractivity contribution >= 4 is 5.91 Å². The monoisotopic (exact) mass is 287 g/mol. The molecular formula is C17H25N3O. The number of rotatable bonds is 2. The van der Waals surface area contributed by atoms with Crippen molar-refractivity contribution in [1.29, 1.82) is 0 Å². The first-order valence-corrected chi connectivity index (χ1v) is 7.98. The van der Waals surface area contributed by atoms with E-state index in [9.17, 15) is 4.79 Å². The fourth-order valence-corrected chi connectivity index (χ4v) is 3.40. The van der Waals surface area contributed by atoms with Crippen LogP contribution in [0.2, 0.25) is 0 Å². The van der Waals surface area contributed by atoms with Crippen molar-refractivity contribution in [2.45, 2.75) is 52.9 Å². The molecule has 0 spiro atoms. The van der Waals surface area contributed by atoms with Gasteiger partial charge in [-0.2, -0.15) is 0 Å². The molecule has 114 valence electrons. The van der Waals surface area contributed by atoms with Gasteiger partial charge in [0.15, 0.2) is 0 Å². The lowest BCUT2D eigenvalue weighted by Crippen LogP contribution is -2.39. The van der Waals surface area contributed by atoms with E-state index in [0.29, 0.717) is 11.8 Å². The number of piperidine rings is 1. The second kappa shape index (κ2) is 5.08. The standard InChI is InChI=1S/C17H25N3O/c1-11-9-12(2)19-15(18-11)13-5-7-20(8-6-13)16(21)14-10-17(14,3)4/h9,13-14H,5-8,10H2,1-4H3. The number of hydrogen-bond acceptors (Lipinski definition) is 3. The third kappa shape index (κ3) is 2.94. The van der Waals surface area contributed by atoms with E-state index in [-0.39, 0.29) is 11.3 Å². The second-order valence-electron chi connectivity index (χ2n) is 7.35. The molecular weight excluding hydrogens is 262 g/mol. The Labute approximate surface area is 127 Å². The third-order valence-corrected chi connectivity index (χ3v) is 4.98. The fraction of sp³-hybridized carbons (Fsp3) is 0.706. The lowest BCUT2D eigenvalue weighted by atomic mass is 9.95. The van der Waals surface area contributed by atoms with E-state index in [1.165, 1.54) is 0 Å². The molecule has 1 amide bonds. The van der Waals surface area contributed by atoms with Gasteiger partial charge in [0.25, 0.3) is 0 Å². The zero-order valence-electron chi connectivity index (χ0n) is 13.5. The molecule has 1 aliphatic carbocycles. The maximum Gasteiger partial charge on any atom is 0.226 e. The largest absolute Gasteiger partial charge is 0.342 e. The Hall–Kier alpha value is -1.45. The van der Waals surface area contributed by atoms with Crippen LogP contribution in [0, 0.1) is 25.2 Å². The minimum absolute atomic E-state index is 0.227. The molecule has 1 aromatic rings. The molecule has 0 N–H and O–H groups in total. The highest BCUT2D eigenvalue weighted by Gasteiger charge is 2.52. The first-order valence-electron chi connectivity index (χ1n) is 7.98. The molecule has 1 aliphatic heterocycles. The molecule has 3 rings (SSSR count). The van der Waals surface area contributed by atoms with Crippen molar-refractivity contribution in [3.8, 4) is 0 Å². The maximum absolute atomic E-state index is 12.4. The first kappa shape index (κ1) is 14.5. The summed E-state index contributed by atoms with van der Waals surface area (Å²) in [5, 5.41) is 0. The SMILES string of the molecule is Cc1cc(C)nc(C2CCN(C(=O)C3CC3(C)C)CC2)n1. The van der Waals surface area contributed by atoms with Gasteiger partial charge in [-0.3, -0.25) is 4.79 Å². The minimum atomic E-state index is 0.227. The third-order valence-electron chi connectivity index (χ3n) is 4.98. The van der Waals surface area contributed by atoms with Crippen molar-refractivity contribution < 1.29 is 4.79 Å². The van der Waals surface area contributed by atoms with Gasteiger partial charge < -0.3 is 4.90 Å². The van der Waals surface area contributed by atoms with Crippen LogP contribution in [-0.4, -0.2) is 33.9 Å². The minimum Gasteiger partial charge on any atom is -0.342 e. The molecule has 1 saturated carbocycles. The van der Waals surface area contributed by atoms with E-state index in [0.717, 1.165) is 49.6 Å². The van der Waals surface area contributed by atoms with Crippen LogP contribution >= 0.6 is 0 Å². The van der Waals surface area contributed by atoms with Crippen LogP contribution in [0.5, 0.6) is 0 Å². The van der Waals surface area contributed by atoms with Crippen LogP contribution in [0.15, 0.2) is 6.07 Å². The lowest BCUT2D eigenvalue weighted by Gasteiger charge is -2.32. The van der Waals surface area contributed by atoms with Gasteiger partial charge in [0.2, 0.25) is 5.91 Å².